The fourth-order valence-corrected chi connectivity index (χ4v) is 5.15. The predicted molar refractivity (Wildman–Crippen MR) is 149 cm³/mol. The quantitative estimate of drug-likeness (QED) is 0.296. The zero-order valence-electron chi connectivity index (χ0n) is 20.6. The molecule has 0 saturated carbocycles. The maximum absolute atomic E-state index is 13.0. The van der Waals surface area contributed by atoms with Gasteiger partial charge in [0, 0.05) is 17.3 Å². The number of nitrogens with zero attached hydrogens (tertiary/aromatic N) is 1. The SMILES string of the molecule is O=C(CN1C(=O)S/C(=C\c2ccccc2OCc2ccc3ccccc3c2)C1=O)Nc1ccc2c(c1)OCO2. The summed E-state index contributed by atoms with van der Waals surface area (Å²) in [7, 11) is 0. The number of hydrogen-bond donors (Lipinski definition) is 1. The molecule has 8 nitrogen and oxygen atoms in total. The third-order valence-electron chi connectivity index (χ3n) is 6.25. The molecule has 0 aliphatic carbocycles. The fraction of sp³-hybridized carbons (Fsp3) is 0.100. The van der Waals surface area contributed by atoms with Crippen LogP contribution in [0, 0.1) is 0 Å². The molecule has 4 aromatic carbocycles. The zero-order valence-corrected chi connectivity index (χ0v) is 21.4. The van der Waals surface area contributed by atoms with Gasteiger partial charge in [-0.25, -0.2) is 0 Å². The minimum absolute atomic E-state index is 0.119. The summed E-state index contributed by atoms with van der Waals surface area (Å²) < 4.78 is 16.7. The number of imide groups is 1. The van der Waals surface area contributed by atoms with E-state index in [1.165, 1.54) is 0 Å². The van der Waals surface area contributed by atoms with Crippen LogP contribution in [-0.4, -0.2) is 35.3 Å². The molecule has 2 heterocycles. The van der Waals surface area contributed by atoms with E-state index in [1.807, 2.05) is 42.5 Å². The standard InChI is InChI=1S/C30H22N2O6S/c33-28(31-23-11-12-25-26(15-23)38-18-37-25)16-32-29(34)27(39-30(32)35)14-22-7-3-4-8-24(22)36-17-19-9-10-20-5-1-2-6-21(20)13-19/h1-15H,16-18H2,(H,31,33)/b27-14-. The van der Waals surface area contributed by atoms with E-state index in [0.717, 1.165) is 33.0 Å². The van der Waals surface area contributed by atoms with Gasteiger partial charge in [-0.2, -0.15) is 0 Å². The molecule has 194 valence electrons. The van der Waals surface area contributed by atoms with Crippen LogP contribution in [0.15, 0.2) is 89.8 Å². The molecule has 2 aliphatic heterocycles. The molecule has 1 N–H and O–H groups in total. The number of para-hydroxylation sites is 1. The minimum atomic E-state index is -0.532. The van der Waals surface area contributed by atoms with Gasteiger partial charge in [-0.1, -0.05) is 54.6 Å². The number of amides is 3. The van der Waals surface area contributed by atoms with E-state index in [4.69, 9.17) is 14.2 Å². The summed E-state index contributed by atoms with van der Waals surface area (Å²) in [6.45, 7) is 0.0568. The first-order chi connectivity index (χ1) is 19.0. The van der Waals surface area contributed by atoms with Crippen molar-refractivity contribution in [3.63, 3.8) is 0 Å². The number of thioether (sulfide) groups is 1. The van der Waals surface area contributed by atoms with Crippen molar-refractivity contribution in [2.45, 2.75) is 6.61 Å². The molecular formula is C30H22N2O6S. The van der Waals surface area contributed by atoms with Crippen LogP contribution in [0.4, 0.5) is 10.5 Å². The summed E-state index contributed by atoms with van der Waals surface area (Å²) in [5.41, 5.74) is 2.15. The van der Waals surface area contributed by atoms with E-state index in [1.54, 1.807) is 24.3 Å². The lowest BCUT2D eigenvalue weighted by Crippen LogP contribution is -2.36. The van der Waals surface area contributed by atoms with E-state index < -0.39 is 23.6 Å². The van der Waals surface area contributed by atoms with Crippen molar-refractivity contribution in [2.75, 3.05) is 18.7 Å². The van der Waals surface area contributed by atoms with E-state index in [9.17, 15) is 14.4 Å². The van der Waals surface area contributed by atoms with Crippen molar-refractivity contribution in [3.8, 4) is 17.2 Å². The Kier molecular flexibility index (Phi) is 6.64. The third kappa shape index (κ3) is 5.30. The second-order valence-electron chi connectivity index (χ2n) is 8.89. The molecule has 0 spiro atoms. The van der Waals surface area contributed by atoms with Crippen LogP contribution < -0.4 is 19.5 Å². The summed E-state index contributed by atoms with van der Waals surface area (Å²) in [5, 5.41) is 4.46. The van der Waals surface area contributed by atoms with Gasteiger partial charge in [0.25, 0.3) is 11.1 Å². The van der Waals surface area contributed by atoms with Gasteiger partial charge in [0.1, 0.15) is 18.9 Å². The van der Waals surface area contributed by atoms with Crippen molar-refractivity contribution in [1.82, 2.24) is 4.90 Å². The maximum atomic E-state index is 13.0. The largest absolute Gasteiger partial charge is 0.488 e. The molecule has 6 rings (SSSR count). The molecule has 4 aromatic rings. The topological polar surface area (TPSA) is 94.2 Å². The van der Waals surface area contributed by atoms with Gasteiger partial charge < -0.3 is 19.5 Å². The van der Waals surface area contributed by atoms with E-state index in [0.29, 0.717) is 35.1 Å². The van der Waals surface area contributed by atoms with Crippen molar-refractivity contribution in [3.05, 3.63) is 101 Å². The highest BCUT2D eigenvalue weighted by atomic mass is 32.2. The van der Waals surface area contributed by atoms with Gasteiger partial charge in [-0.15, -0.1) is 0 Å². The molecule has 9 heteroatoms. The first-order valence-corrected chi connectivity index (χ1v) is 13.0. The van der Waals surface area contributed by atoms with Crippen LogP contribution in [0.5, 0.6) is 17.2 Å². The average molecular weight is 539 g/mol. The molecule has 3 amide bonds. The molecule has 1 saturated heterocycles. The molecule has 39 heavy (non-hydrogen) atoms. The Morgan fingerprint density at radius 1 is 0.923 bits per heavy atom. The number of fused-ring (bicyclic) bond motifs is 2. The Bertz CT molecular complexity index is 1650. The zero-order chi connectivity index (χ0) is 26.8. The normalized spacial score (nSPS) is 15.3. The van der Waals surface area contributed by atoms with Gasteiger partial charge in [-0.05, 0) is 58.4 Å². The Morgan fingerprint density at radius 3 is 2.62 bits per heavy atom. The van der Waals surface area contributed by atoms with Crippen LogP contribution in [0.3, 0.4) is 0 Å². The highest BCUT2D eigenvalue weighted by Gasteiger charge is 2.36. The Hall–Kier alpha value is -4.76. The highest BCUT2D eigenvalue weighted by molar-refractivity contribution is 8.18. The third-order valence-corrected chi connectivity index (χ3v) is 7.15. The van der Waals surface area contributed by atoms with Crippen molar-refractivity contribution < 1.29 is 28.6 Å². The summed E-state index contributed by atoms with van der Waals surface area (Å²) in [5.74, 6) is 0.652. The molecule has 0 bridgehead atoms. The highest BCUT2D eigenvalue weighted by Crippen LogP contribution is 2.35. The van der Waals surface area contributed by atoms with Crippen molar-refractivity contribution in [2.24, 2.45) is 0 Å². The Morgan fingerprint density at radius 2 is 1.72 bits per heavy atom. The van der Waals surface area contributed by atoms with Crippen LogP contribution in [-0.2, 0) is 16.2 Å². The van der Waals surface area contributed by atoms with Gasteiger partial charge in [0.05, 0.1) is 4.91 Å². The number of anilines is 1. The molecular weight excluding hydrogens is 516 g/mol. The molecule has 2 aliphatic rings. The van der Waals surface area contributed by atoms with Gasteiger partial charge in [0.2, 0.25) is 12.7 Å². The van der Waals surface area contributed by atoms with E-state index >= 15 is 0 Å². The lowest BCUT2D eigenvalue weighted by atomic mass is 10.1. The maximum Gasteiger partial charge on any atom is 0.294 e. The number of benzene rings is 4. The summed E-state index contributed by atoms with van der Waals surface area (Å²) >= 11 is 0.792. The summed E-state index contributed by atoms with van der Waals surface area (Å²) in [6.07, 6.45) is 1.62. The van der Waals surface area contributed by atoms with Crippen molar-refractivity contribution in [1.29, 1.82) is 0 Å². The van der Waals surface area contributed by atoms with Gasteiger partial charge in [-0.3, -0.25) is 19.3 Å². The fourth-order valence-electron chi connectivity index (χ4n) is 4.32. The van der Waals surface area contributed by atoms with Crippen LogP contribution >= 0.6 is 11.8 Å². The predicted octanol–water partition coefficient (Wildman–Crippen LogP) is 5.82. The van der Waals surface area contributed by atoms with Crippen LogP contribution in [0.1, 0.15) is 11.1 Å². The van der Waals surface area contributed by atoms with E-state index in [-0.39, 0.29) is 11.7 Å². The smallest absolute Gasteiger partial charge is 0.294 e. The van der Waals surface area contributed by atoms with Gasteiger partial charge >= 0.3 is 0 Å². The minimum Gasteiger partial charge on any atom is -0.488 e. The number of carbonyl (C=O) groups is 3. The lowest BCUT2D eigenvalue weighted by Gasteiger charge is -2.13. The average Bonchev–Trinajstić information content (AvgIpc) is 3.52. The number of rotatable bonds is 7. The number of carbonyl (C=O) groups excluding carboxylic acids is 3. The summed E-state index contributed by atoms with van der Waals surface area (Å²) in [6, 6.07) is 26.5. The molecule has 0 aromatic heterocycles. The molecule has 0 radical (unpaired) electrons. The monoisotopic (exact) mass is 538 g/mol. The molecule has 1 fully saturated rings. The van der Waals surface area contributed by atoms with Crippen molar-refractivity contribution >= 4 is 51.4 Å². The summed E-state index contributed by atoms with van der Waals surface area (Å²) in [4.78, 5) is 39.4. The number of nitrogens with one attached hydrogen (secondary N) is 1. The first-order valence-electron chi connectivity index (χ1n) is 12.2. The van der Waals surface area contributed by atoms with Crippen LogP contribution in [0.2, 0.25) is 0 Å². The van der Waals surface area contributed by atoms with E-state index in [2.05, 4.69) is 29.6 Å². The second kappa shape index (κ2) is 10.5. The van der Waals surface area contributed by atoms with Crippen LogP contribution in [0.25, 0.3) is 16.8 Å². The second-order valence-corrected chi connectivity index (χ2v) is 9.89. The number of ether oxygens (including phenoxy) is 3. The lowest BCUT2D eigenvalue weighted by molar-refractivity contribution is -0.127. The Balaban J connectivity index is 1.13. The number of hydrogen-bond acceptors (Lipinski definition) is 7. The Labute approximate surface area is 228 Å². The van der Waals surface area contributed by atoms with Gasteiger partial charge in [0.15, 0.2) is 11.5 Å². The molecule has 0 atom stereocenters. The first kappa shape index (κ1) is 24.6. The molecule has 0 unspecified atom stereocenters.